The molecule has 136 valence electrons. The van der Waals surface area contributed by atoms with Crippen molar-refractivity contribution >= 4 is 17.7 Å². The fourth-order valence-corrected chi connectivity index (χ4v) is 2.14. The molecule has 0 aromatic heterocycles. The first kappa shape index (κ1) is 19.4. The molecule has 0 saturated carbocycles. The minimum atomic E-state index is -0.550. The zero-order valence-corrected chi connectivity index (χ0v) is 15.4. The van der Waals surface area contributed by atoms with Crippen LogP contribution < -0.4 is 4.74 Å². The Kier molecular flexibility index (Phi) is 5.93. The summed E-state index contributed by atoms with van der Waals surface area (Å²) in [6.07, 6.45) is 0. The standard InChI is InChI=1S/C21H22O5/c1-14(22)26-18-10-8-15(9-11-18)16-6-5-7-17(12-16)20(24)25-13-19(23)21(2,3)4/h5-12H,13H2,1-4H3. The summed E-state index contributed by atoms with van der Waals surface area (Å²) in [6, 6.07) is 13.9. The van der Waals surface area contributed by atoms with Crippen LogP contribution in [0.15, 0.2) is 48.5 Å². The molecule has 2 aromatic rings. The van der Waals surface area contributed by atoms with Crippen LogP contribution in [0.5, 0.6) is 5.75 Å². The molecule has 0 spiro atoms. The number of ketones is 1. The fraction of sp³-hybridized carbons (Fsp3) is 0.286. The first-order chi connectivity index (χ1) is 12.2. The van der Waals surface area contributed by atoms with Crippen LogP contribution >= 0.6 is 0 Å². The van der Waals surface area contributed by atoms with Crippen molar-refractivity contribution in [3.05, 3.63) is 54.1 Å². The molecule has 0 fully saturated rings. The smallest absolute Gasteiger partial charge is 0.338 e. The maximum Gasteiger partial charge on any atom is 0.338 e. The topological polar surface area (TPSA) is 69.7 Å². The molecule has 0 atom stereocenters. The Morgan fingerprint density at radius 1 is 0.923 bits per heavy atom. The van der Waals surface area contributed by atoms with Crippen molar-refractivity contribution in [2.75, 3.05) is 6.61 Å². The molecule has 0 aliphatic carbocycles. The van der Waals surface area contributed by atoms with Gasteiger partial charge in [0, 0.05) is 12.3 Å². The van der Waals surface area contributed by atoms with E-state index in [1.165, 1.54) is 6.92 Å². The van der Waals surface area contributed by atoms with Gasteiger partial charge in [0.05, 0.1) is 5.56 Å². The van der Waals surface area contributed by atoms with Gasteiger partial charge in [0.15, 0.2) is 12.4 Å². The largest absolute Gasteiger partial charge is 0.454 e. The molecular weight excluding hydrogens is 332 g/mol. The van der Waals surface area contributed by atoms with Gasteiger partial charge in [-0.25, -0.2) is 4.79 Å². The number of benzene rings is 2. The SMILES string of the molecule is CC(=O)Oc1ccc(-c2cccc(C(=O)OCC(=O)C(C)(C)C)c2)cc1. The van der Waals surface area contributed by atoms with Crippen LogP contribution in [0.2, 0.25) is 0 Å². The van der Waals surface area contributed by atoms with Crippen molar-refractivity contribution in [2.45, 2.75) is 27.7 Å². The first-order valence-electron chi connectivity index (χ1n) is 8.26. The molecule has 0 N–H and O–H groups in total. The fourth-order valence-electron chi connectivity index (χ4n) is 2.14. The Morgan fingerprint density at radius 3 is 2.15 bits per heavy atom. The van der Waals surface area contributed by atoms with Gasteiger partial charge < -0.3 is 9.47 Å². The lowest BCUT2D eigenvalue weighted by Gasteiger charge is -2.16. The van der Waals surface area contributed by atoms with Crippen LogP contribution in [0.4, 0.5) is 0 Å². The average molecular weight is 354 g/mol. The number of ether oxygens (including phenoxy) is 2. The highest BCUT2D eigenvalue weighted by molar-refractivity contribution is 5.93. The number of carbonyl (C=O) groups is 3. The van der Waals surface area contributed by atoms with Gasteiger partial charge in [-0.2, -0.15) is 0 Å². The van der Waals surface area contributed by atoms with Gasteiger partial charge in [-0.3, -0.25) is 9.59 Å². The molecule has 0 unspecified atom stereocenters. The Hall–Kier alpha value is -2.95. The van der Waals surface area contributed by atoms with Gasteiger partial charge in [0.25, 0.3) is 0 Å². The van der Waals surface area contributed by atoms with Crippen LogP contribution in [0.1, 0.15) is 38.1 Å². The summed E-state index contributed by atoms with van der Waals surface area (Å²) in [7, 11) is 0. The molecule has 2 rings (SSSR count). The maximum atomic E-state index is 12.2. The third-order valence-electron chi connectivity index (χ3n) is 3.72. The van der Waals surface area contributed by atoms with Crippen LogP contribution in [-0.2, 0) is 14.3 Å². The number of hydrogen-bond acceptors (Lipinski definition) is 5. The van der Waals surface area contributed by atoms with Crippen LogP contribution in [0.25, 0.3) is 11.1 Å². The van der Waals surface area contributed by atoms with E-state index in [0.717, 1.165) is 11.1 Å². The van der Waals surface area contributed by atoms with Gasteiger partial charge in [0.2, 0.25) is 0 Å². The number of esters is 2. The second-order valence-electron chi connectivity index (χ2n) is 6.95. The van der Waals surface area contributed by atoms with E-state index < -0.39 is 11.4 Å². The molecule has 0 radical (unpaired) electrons. The van der Waals surface area contributed by atoms with Gasteiger partial charge in [-0.05, 0) is 35.4 Å². The third kappa shape index (κ3) is 5.28. The van der Waals surface area contributed by atoms with Crippen molar-refractivity contribution in [3.8, 4) is 16.9 Å². The summed E-state index contributed by atoms with van der Waals surface area (Å²) < 4.78 is 10.1. The van der Waals surface area contributed by atoms with E-state index in [9.17, 15) is 14.4 Å². The zero-order chi connectivity index (χ0) is 19.3. The molecule has 5 nitrogen and oxygen atoms in total. The van der Waals surface area contributed by atoms with Crippen LogP contribution in [-0.4, -0.2) is 24.3 Å². The summed E-state index contributed by atoms with van der Waals surface area (Å²) in [5, 5.41) is 0. The quantitative estimate of drug-likeness (QED) is 0.598. The molecule has 26 heavy (non-hydrogen) atoms. The van der Waals surface area contributed by atoms with Crippen molar-refractivity contribution < 1.29 is 23.9 Å². The minimum Gasteiger partial charge on any atom is -0.454 e. The Balaban J connectivity index is 2.11. The third-order valence-corrected chi connectivity index (χ3v) is 3.72. The molecule has 0 aliphatic heterocycles. The predicted octanol–water partition coefficient (Wildman–Crippen LogP) is 4.05. The van der Waals surface area contributed by atoms with Gasteiger partial charge in [-0.15, -0.1) is 0 Å². The molecular formula is C21H22O5. The van der Waals surface area contributed by atoms with Gasteiger partial charge in [-0.1, -0.05) is 45.0 Å². The number of rotatable bonds is 5. The van der Waals surface area contributed by atoms with Crippen LogP contribution in [0.3, 0.4) is 0 Å². The lowest BCUT2D eigenvalue weighted by molar-refractivity contribution is -0.132. The lowest BCUT2D eigenvalue weighted by atomic mass is 9.91. The van der Waals surface area contributed by atoms with E-state index in [4.69, 9.17) is 9.47 Å². The molecule has 5 heteroatoms. The van der Waals surface area contributed by atoms with Crippen LogP contribution in [0, 0.1) is 5.41 Å². The molecule has 0 saturated heterocycles. The normalized spacial score (nSPS) is 10.9. The molecule has 0 amide bonds. The molecule has 0 bridgehead atoms. The average Bonchev–Trinajstić information content (AvgIpc) is 2.58. The number of Topliss-reactive ketones (excluding diaryl/α,β-unsaturated/α-hetero) is 1. The minimum absolute atomic E-state index is 0.136. The van der Waals surface area contributed by atoms with Gasteiger partial charge >= 0.3 is 11.9 Å². The van der Waals surface area contributed by atoms with Crippen molar-refractivity contribution in [3.63, 3.8) is 0 Å². The van der Waals surface area contributed by atoms with E-state index in [-0.39, 0.29) is 18.4 Å². The molecule has 0 heterocycles. The first-order valence-corrected chi connectivity index (χ1v) is 8.26. The van der Waals surface area contributed by atoms with E-state index in [1.807, 2.05) is 6.07 Å². The summed E-state index contributed by atoms with van der Waals surface area (Å²) in [6.45, 7) is 6.44. The maximum absolute atomic E-state index is 12.2. The van der Waals surface area contributed by atoms with Crippen molar-refractivity contribution in [1.29, 1.82) is 0 Å². The van der Waals surface area contributed by atoms with Crippen molar-refractivity contribution in [2.24, 2.45) is 5.41 Å². The Bertz CT molecular complexity index is 813. The second-order valence-corrected chi connectivity index (χ2v) is 6.95. The number of hydrogen-bond donors (Lipinski definition) is 0. The van der Waals surface area contributed by atoms with E-state index >= 15 is 0 Å². The summed E-state index contributed by atoms with van der Waals surface area (Å²) in [5.74, 6) is -0.603. The summed E-state index contributed by atoms with van der Waals surface area (Å²) in [4.78, 5) is 35.0. The Morgan fingerprint density at radius 2 is 1.58 bits per heavy atom. The molecule has 0 aliphatic rings. The summed E-state index contributed by atoms with van der Waals surface area (Å²) >= 11 is 0. The van der Waals surface area contributed by atoms with E-state index in [0.29, 0.717) is 11.3 Å². The number of carbonyl (C=O) groups excluding carboxylic acids is 3. The Labute approximate surface area is 152 Å². The van der Waals surface area contributed by atoms with E-state index in [1.54, 1.807) is 63.2 Å². The summed E-state index contributed by atoms with van der Waals surface area (Å²) in [5.41, 5.74) is 1.50. The van der Waals surface area contributed by atoms with Gasteiger partial charge in [0.1, 0.15) is 5.75 Å². The second kappa shape index (κ2) is 7.95. The zero-order valence-electron chi connectivity index (χ0n) is 15.4. The van der Waals surface area contributed by atoms with Crippen molar-refractivity contribution in [1.82, 2.24) is 0 Å². The monoisotopic (exact) mass is 354 g/mol. The lowest BCUT2D eigenvalue weighted by Crippen LogP contribution is -2.26. The highest BCUT2D eigenvalue weighted by atomic mass is 16.5. The molecule has 2 aromatic carbocycles. The van der Waals surface area contributed by atoms with E-state index in [2.05, 4.69) is 0 Å². The predicted molar refractivity (Wildman–Crippen MR) is 97.9 cm³/mol. The highest BCUT2D eigenvalue weighted by Gasteiger charge is 2.22. The highest BCUT2D eigenvalue weighted by Crippen LogP contribution is 2.24.